The van der Waals surface area contributed by atoms with Gasteiger partial charge in [0, 0.05) is 35.9 Å². The first kappa shape index (κ1) is 20.4. The van der Waals surface area contributed by atoms with Crippen LogP contribution in [0, 0.1) is 6.92 Å². The van der Waals surface area contributed by atoms with E-state index in [4.69, 9.17) is 5.73 Å². The molecule has 2 aromatic carbocycles. The van der Waals surface area contributed by atoms with Gasteiger partial charge in [-0.2, -0.15) is 13.2 Å². The third-order valence-electron chi connectivity index (χ3n) is 4.97. The number of rotatable bonds is 6. The summed E-state index contributed by atoms with van der Waals surface area (Å²) in [5, 5.41) is 5.18. The number of fused-ring (bicyclic) bond motifs is 1. The number of thiazole rings is 1. The van der Waals surface area contributed by atoms with Gasteiger partial charge in [0.15, 0.2) is 5.13 Å². The number of alkyl halides is 3. The van der Waals surface area contributed by atoms with Crippen LogP contribution in [0.4, 0.5) is 18.3 Å². The van der Waals surface area contributed by atoms with Gasteiger partial charge in [-0.05, 0) is 54.3 Å². The Morgan fingerprint density at radius 2 is 1.93 bits per heavy atom. The topological polar surface area (TPSA) is 66.7 Å². The maximum atomic E-state index is 12.7. The van der Waals surface area contributed by atoms with Crippen LogP contribution in [-0.2, 0) is 12.6 Å². The molecule has 4 N–H and O–H groups in total. The molecule has 0 spiro atoms. The minimum absolute atomic E-state index is 0.243. The number of H-pyrrole nitrogens is 1. The van der Waals surface area contributed by atoms with Crippen molar-refractivity contribution in [1.82, 2.24) is 9.97 Å². The Kier molecular flexibility index (Phi) is 5.53. The summed E-state index contributed by atoms with van der Waals surface area (Å²) in [6.07, 6.45) is -0.0222. The smallest absolute Gasteiger partial charge is 0.361 e. The molecular weight excluding hydrogens is 409 g/mol. The summed E-state index contributed by atoms with van der Waals surface area (Å²) in [6, 6.07) is 11.2. The third kappa shape index (κ3) is 4.49. The normalized spacial score (nSPS) is 13.0. The van der Waals surface area contributed by atoms with E-state index in [-0.39, 0.29) is 6.04 Å². The molecule has 0 aliphatic rings. The molecule has 0 saturated carbocycles. The number of hydrogen-bond acceptors (Lipinski definition) is 4. The van der Waals surface area contributed by atoms with E-state index < -0.39 is 11.7 Å². The molecule has 4 nitrogen and oxygen atoms in total. The second-order valence-corrected chi connectivity index (χ2v) is 8.33. The van der Waals surface area contributed by atoms with Gasteiger partial charge in [-0.25, -0.2) is 4.98 Å². The Balaban J connectivity index is 1.36. The Labute approximate surface area is 176 Å². The Bertz CT molecular complexity index is 1150. The van der Waals surface area contributed by atoms with Crippen molar-refractivity contribution >= 4 is 27.4 Å². The van der Waals surface area contributed by atoms with Crippen molar-refractivity contribution < 1.29 is 13.2 Å². The lowest BCUT2D eigenvalue weighted by molar-refractivity contribution is -0.137. The summed E-state index contributed by atoms with van der Waals surface area (Å²) in [5.41, 5.74) is 9.67. The van der Waals surface area contributed by atoms with E-state index in [9.17, 15) is 13.2 Å². The molecule has 2 heterocycles. The number of halogens is 3. The van der Waals surface area contributed by atoms with Crippen molar-refractivity contribution in [2.45, 2.75) is 25.6 Å². The molecule has 0 unspecified atom stereocenters. The molecule has 0 bridgehead atoms. The van der Waals surface area contributed by atoms with Crippen LogP contribution in [0.2, 0.25) is 0 Å². The quantitative estimate of drug-likeness (QED) is 0.373. The maximum absolute atomic E-state index is 12.7. The van der Waals surface area contributed by atoms with Crippen LogP contribution in [0.15, 0.2) is 54.9 Å². The van der Waals surface area contributed by atoms with Gasteiger partial charge in [0.2, 0.25) is 0 Å². The molecule has 156 valence electrons. The number of nitrogens with two attached hydrogens (primary N) is 1. The van der Waals surface area contributed by atoms with Gasteiger partial charge < -0.3 is 16.0 Å². The number of aryl methyl sites for hydroxylation is 1. The number of aromatic amines is 1. The van der Waals surface area contributed by atoms with E-state index in [1.165, 1.54) is 23.1 Å². The van der Waals surface area contributed by atoms with E-state index in [0.29, 0.717) is 13.0 Å². The molecule has 0 aliphatic heterocycles. The molecule has 30 heavy (non-hydrogen) atoms. The predicted octanol–water partition coefficient (Wildman–Crippen LogP) is 5.60. The van der Waals surface area contributed by atoms with Gasteiger partial charge in [-0.15, -0.1) is 0 Å². The highest BCUT2D eigenvalue weighted by molar-refractivity contribution is 7.18. The van der Waals surface area contributed by atoms with Crippen LogP contribution in [0.5, 0.6) is 0 Å². The number of nitrogens with one attached hydrogen (secondary N) is 2. The fourth-order valence-electron chi connectivity index (χ4n) is 3.33. The van der Waals surface area contributed by atoms with Crippen LogP contribution in [0.3, 0.4) is 0 Å². The molecule has 0 radical (unpaired) electrons. The predicted molar refractivity (Wildman–Crippen MR) is 116 cm³/mol. The van der Waals surface area contributed by atoms with E-state index in [2.05, 4.69) is 40.4 Å². The summed E-state index contributed by atoms with van der Waals surface area (Å²) in [5.74, 6) is 0. The Morgan fingerprint density at radius 3 is 2.67 bits per heavy atom. The van der Waals surface area contributed by atoms with E-state index in [0.717, 1.165) is 38.8 Å². The lowest BCUT2D eigenvalue weighted by Crippen LogP contribution is -2.31. The first-order valence-corrected chi connectivity index (χ1v) is 10.3. The molecule has 0 saturated heterocycles. The van der Waals surface area contributed by atoms with Crippen molar-refractivity contribution in [1.29, 1.82) is 0 Å². The summed E-state index contributed by atoms with van der Waals surface area (Å²) in [6.45, 7) is 2.55. The summed E-state index contributed by atoms with van der Waals surface area (Å²) in [4.78, 5) is 8.71. The first-order chi connectivity index (χ1) is 14.3. The zero-order valence-corrected chi connectivity index (χ0v) is 17.1. The number of anilines is 1. The van der Waals surface area contributed by atoms with E-state index >= 15 is 0 Å². The van der Waals surface area contributed by atoms with Crippen LogP contribution >= 0.6 is 11.3 Å². The lowest BCUT2D eigenvalue weighted by atomic mass is 10.0. The average molecular weight is 430 g/mol. The van der Waals surface area contributed by atoms with Gasteiger partial charge in [-0.1, -0.05) is 29.5 Å². The molecule has 1 atom stereocenters. The molecule has 0 fully saturated rings. The summed E-state index contributed by atoms with van der Waals surface area (Å²) in [7, 11) is 0. The van der Waals surface area contributed by atoms with Gasteiger partial charge in [0.25, 0.3) is 0 Å². The summed E-state index contributed by atoms with van der Waals surface area (Å²) < 4.78 is 38.0. The second-order valence-electron chi connectivity index (χ2n) is 7.30. The van der Waals surface area contributed by atoms with E-state index in [1.54, 1.807) is 11.3 Å². The zero-order chi connectivity index (χ0) is 21.3. The number of benzene rings is 2. The first-order valence-electron chi connectivity index (χ1n) is 9.49. The fraction of sp³-hybridized carbons (Fsp3) is 0.227. The van der Waals surface area contributed by atoms with Crippen molar-refractivity contribution in [3.63, 3.8) is 0 Å². The molecule has 2 aromatic heterocycles. The molecular formula is C22H21F3N4S. The average Bonchev–Trinajstić information content (AvgIpc) is 3.33. The lowest BCUT2D eigenvalue weighted by Gasteiger charge is -2.13. The second kappa shape index (κ2) is 8.12. The molecule has 0 amide bonds. The Morgan fingerprint density at radius 1 is 1.17 bits per heavy atom. The van der Waals surface area contributed by atoms with Gasteiger partial charge in [0.05, 0.1) is 10.4 Å². The third-order valence-corrected chi connectivity index (χ3v) is 5.98. The number of nitrogens with zero attached hydrogens (tertiary/aromatic N) is 1. The van der Waals surface area contributed by atoms with Crippen molar-refractivity contribution in [3.05, 3.63) is 71.5 Å². The number of aromatic nitrogens is 2. The minimum Gasteiger partial charge on any atom is -0.361 e. The van der Waals surface area contributed by atoms with Gasteiger partial charge in [-0.3, -0.25) is 0 Å². The highest BCUT2D eigenvalue weighted by Crippen LogP contribution is 2.32. The largest absolute Gasteiger partial charge is 0.416 e. The van der Waals surface area contributed by atoms with Crippen LogP contribution < -0.4 is 11.1 Å². The maximum Gasteiger partial charge on any atom is 0.416 e. The van der Waals surface area contributed by atoms with Crippen LogP contribution in [0.1, 0.15) is 16.7 Å². The standard InChI is InChI=1S/C22H21F3N4S/c1-13-10-27-19-7-4-15(9-18(13)19)20-12-29-21(30-20)28-11-17(26)8-14-2-5-16(6-3-14)22(23,24)25/h2-7,9-10,12,17,27H,8,11,26H2,1H3,(H,28,29)/t17-/m0/s1. The Hall–Kier alpha value is -2.84. The minimum atomic E-state index is -4.32. The molecule has 8 heteroatoms. The van der Waals surface area contributed by atoms with Gasteiger partial charge in [0.1, 0.15) is 0 Å². The fourth-order valence-corrected chi connectivity index (χ4v) is 4.15. The van der Waals surface area contributed by atoms with E-state index in [1.807, 2.05) is 12.4 Å². The monoisotopic (exact) mass is 430 g/mol. The molecule has 4 rings (SSSR count). The molecule has 4 aromatic rings. The van der Waals surface area contributed by atoms with Crippen molar-refractivity contribution in [2.24, 2.45) is 5.73 Å². The highest BCUT2D eigenvalue weighted by Gasteiger charge is 2.29. The zero-order valence-electron chi connectivity index (χ0n) is 16.3. The summed E-state index contributed by atoms with van der Waals surface area (Å²) >= 11 is 1.54. The SMILES string of the molecule is Cc1c[nH]c2ccc(-c3cnc(NC[C@@H](N)Cc4ccc(C(F)(F)F)cc4)s3)cc12. The van der Waals surface area contributed by atoms with Crippen molar-refractivity contribution in [2.75, 3.05) is 11.9 Å². The van der Waals surface area contributed by atoms with Crippen LogP contribution in [0.25, 0.3) is 21.3 Å². The van der Waals surface area contributed by atoms with Crippen LogP contribution in [-0.4, -0.2) is 22.6 Å². The van der Waals surface area contributed by atoms with Gasteiger partial charge >= 0.3 is 6.18 Å². The van der Waals surface area contributed by atoms with Crippen molar-refractivity contribution in [3.8, 4) is 10.4 Å². The number of hydrogen-bond donors (Lipinski definition) is 3. The molecule has 0 aliphatic carbocycles. The highest BCUT2D eigenvalue weighted by atomic mass is 32.1.